The number of nitrogens with one attached hydrogen (secondary N) is 1. The zero-order valence-electron chi connectivity index (χ0n) is 15.7. The number of carbonyl (C=O) groups is 2. The Balaban J connectivity index is 1.40. The maximum Gasteiger partial charge on any atom is 0.317 e. The van der Waals surface area contributed by atoms with E-state index in [4.69, 9.17) is 0 Å². The van der Waals surface area contributed by atoms with Gasteiger partial charge in [0, 0.05) is 49.3 Å². The highest BCUT2D eigenvalue weighted by Gasteiger charge is 2.27. The molecule has 2 aliphatic rings. The number of hydrogen-bond acceptors (Lipinski definition) is 3. The minimum Gasteiger partial charge on any atom is -0.343 e. The number of benzene rings is 1. The molecule has 0 radical (unpaired) electrons. The fourth-order valence-electron chi connectivity index (χ4n) is 3.66. The molecule has 142 valence electrons. The first kappa shape index (κ1) is 19.1. The van der Waals surface area contributed by atoms with E-state index in [1.54, 1.807) is 6.92 Å². The van der Waals surface area contributed by atoms with Gasteiger partial charge in [-0.2, -0.15) is 0 Å². The van der Waals surface area contributed by atoms with Gasteiger partial charge < -0.3 is 15.1 Å². The number of urea groups is 1. The Hall–Kier alpha value is -1.69. The van der Waals surface area contributed by atoms with Gasteiger partial charge in [-0.25, -0.2) is 4.79 Å². The van der Waals surface area contributed by atoms with Crippen molar-refractivity contribution in [2.45, 2.75) is 55.7 Å². The van der Waals surface area contributed by atoms with Gasteiger partial charge in [0.25, 0.3) is 0 Å². The van der Waals surface area contributed by atoms with E-state index in [-0.39, 0.29) is 18.0 Å². The first-order valence-electron chi connectivity index (χ1n) is 9.55. The molecule has 3 amide bonds. The number of nitrogens with zero attached hydrogens (tertiary/aromatic N) is 2. The van der Waals surface area contributed by atoms with Crippen molar-refractivity contribution in [2.75, 3.05) is 26.2 Å². The second kappa shape index (κ2) is 8.80. The van der Waals surface area contributed by atoms with Gasteiger partial charge in [0.2, 0.25) is 5.91 Å². The molecule has 3 rings (SSSR count). The van der Waals surface area contributed by atoms with Gasteiger partial charge in [-0.15, -0.1) is 11.8 Å². The second-order valence-electron chi connectivity index (χ2n) is 7.35. The van der Waals surface area contributed by atoms with Gasteiger partial charge in [0.1, 0.15) is 0 Å². The Labute approximate surface area is 160 Å². The molecule has 0 bridgehead atoms. The number of hydrogen-bond donors (Lipinski definition) is 1. The predicted molar refractivity (Wildman–Crippen MR) is 105 cm³/mol. The third-order valence-electron chi connectivity index (χ3n) is 5.29. The van der Waals surface area contributed by atoms with Crippen molar-refractivity contribution in [1.82, 2.24) is 15.1 Å². The molecule has 0 atom stereocenters. The third-order valence-corrected chi connectivity index (χ3v) is 6.62. The normalized spacial score (nSPS) is 19.5. The highest BCUT2D eigenvalue weighted by Crippen LogP contribution is 2.30. The van der Waals surface area contributed by atoms with E-state index in [9.17, 15) is 9.59 Å². The molecule has 0 aliphatic carbocycles. The fraction of sp³-hybridized carbons (Fsp3) is 0.600. The largest absolute Gasteiger partial charge is 0.343 e. The zero-order valence-corrected chi connectivity index (χ0v) is 16.6. The molecular weight excluding hydrogens is 346 g/mol. The van der Waals surface area contributed by atoms with Crippen LogP contribution in [0.15, 0.2) is 29.2 Å². The summed E-state index contributed by atoms with van der Waals surface area (Å²) in [6.45, 7) is 6.86. The summed E-state index contributed by atoms with van der Waals surface area (Å²) in [6.07, 6.45) is 3.78. The van der Waals surface area contributed by atoms with Crippen molar-refractivity contribution in [1.29, 1.82) is 0 Å². The molecule has 5 nitrogen and oxygen atoms in total. The van der Waals surface area contributed by atoms with Crippen LogP contribution >= 0.6 is 11.8 Å². The van der Waals surface area contributed by atoms with Crippen molar-refractivity contribution in [3.05, 3.63) is 29.8 Å². The van der Waals surface area contributed by atoms with Crippen LogP contribution in [0.25, 0.3) is 0 Å². The van der Waals surface area contributed by atoms with Crippen LogP contribution in [0.2, 0.25) is 0 Å². The minimum absolute atomic E-state index is 0.0604. The van der Waals surface area contributed by atoms with E-state index in [0.29, 0.717) is 5.25 Å². The lowest BCUT2D eigenvalue weighted by Gasteiger charge is -2.35. The number of aryl methyl sites for hydroxylation is 1. The molecule has 1 N–H and O–H groups in total. The highest BCUT2D eigenvalue weighted by molar-refractivity contribution is 8.00. The van der Waals surface area contributed by atoms with E-state index in [2.05, 4.69) is 36.5 Å². The molecule has 2 heterocycles. The van der Waals surface area contributed by atoms with Crippen molar-refractivity contribution in [2.24, 2.45) is 0 Å². The molecule has 0 unspecified atom stereocenters. The van der Waals surface area contributed by atoms with E-state index in [1.807, 2.05) is 21.6 Å². The fourth-order valence-corrected chi connectivity index (χ4v) is 4.90. The summed E-state index contributed by atoms with van der Waals surface area (Å²) in [7, 11) is 0. The van der Waals surface area contributed by atoms with Crippen LogP contribution in [0.5, 0.6) is 0 Å². The zero-order chi connectivity index (χ0) is 18.5. The Morgan fingerprint density at radius 2 is 1.69 bits per heavy atom. The average Bonchev–Trinajstić information content (AvgIpc) is 2.63. The summed E-state index contributed by atoms with van der Waals surface area (Å²) in [5.41, 5.74) is 1.29. The number of piperidine rings is 2. The van der Waals surface area contributed by atoms with Crippen molar-refractivity contribution in [3.8, 4) is 0 Å². The molecule has 1 aromatic carbocycles. The van der Waals surface area contributed by atoms with Gasteiger partial charge in [-0.05, 0) is 44.7 Å². The Morgan fingerprint density at radius 3 is 2.31 bits per heavy atom. The van der Waals surface area contributed by atoms with Crippen LogP contribution in [-0.4, -0.2) is 59.2 Å². The van der Waals surface area contributed by atoms with E-state index in [0.717, 1.165) is 51.9 Å². The highest BCUT2D eigenvalue weighted by atomic mass is 32.2. The molecule has 0 spiro atoms. The molecular formula is C20H29N3O2S. The van der Waals surface area contributed by atoms with E-state index in [1.165, 1.54) is 10.5 Å². The molecule has 0 saturated carbocycles. The van der Waals surface area contributed by atoms with Crippen LogP contribution in [0.4, 0.5) is 4.79 Å². The molecule has 2 aliphatic heterocycles. The average molecular weight is 376 g/mol. The summed E-state index contributed by atoms with van der Waals surface area (Å²) in [5, 5.41) is 3.75. The van der Waals surface area contributed by atoms with Gasteiger partial charge >= 0.3 is 6.03 Å². The monoisotopic (exact) mass is 375 g/mol. The molecule has 2 saturated heterocycles. The van der Waals surface area contributed by atoms with Crippen LogP contribution in [-0.2, 0) is 4.79 Å². The van der Waals surface area contributed by atoms with Crippen molar-refractivity contribution in [3.63, 3.8) is 0 Å². The maximum atomic E-state index is 12.5. The molecule has 6 heteroatoms. The molecule has 1 aromatic rings. The number of thioether (sulfide) groups is 1. The van der Waals surface area contributed by atoms with Gasteiger partial charge in [0.05, 0.1) is 0 Å². The van der Waals surface area contributed by atoms with E-state index < -0.39 is 0 Å². The molecule has 0 aromatic heterocycles. The van der Waals surface area contributed by atoms with Gasteiger partial charge in [0.15, 0.2) is 0 Å². The number of likely N-dealkylation sites (tertiary alicyclic amines) is 2. The van der Waals surface area contributed by atoms with Crippen molar-refractivity contribution >= 4 is 23.7 Å². The quantitative estimate of drug-likeness (QED) is 0.882. The predicted octanol–water partition coefficient (Wildman–Crippen LogP) is 3.27. The molecule has 26 heavy (non-hydrogen) atoms. The number of amides is 3. The maximum absolute atomic E-state index is 12.5. The summed E-state index contributed by atoms with van der Waals surface area (Å²) >= 11 is 1.94. The van der Waals surface area contributed by atoms with Crippen LogP contribution in [0.1, 0.15) is 38.2 Å². The lowest BCUT2D eigenvalue weighted by atomic mass is 10.1. The summed E-state index contributed by atoms with van der Waals surface area (Å²) in [6, 6.07) is 8.89. The first-order valence-corrected chi connectivity index (χ1v) is 10.4. The van der Waals surface area contributed by atoms with Crippen LogP contribution in [0, 0.1) is 6.92 Å². The Kier molecular flexibility index (Phi) is 6.46. The Bertz CT molecular complexity index is 636. The minimum atomic E-state index is 0.0604. The summed E-state index contributed by atoms with van der Waals surface area (Å²) < 4.78 is 0. The Morgan fingerprint density at radius 1 is 1.04 bits per heavy atom. The number of rotatable bonds is 3. The standard InChI is InChI=1S/C20H29N3O2S/c1-15-4-3-5-19(14-15)26-18-8-12-23(13-9-18)20(25)21-17-6-10-22(11-7-17)16(2)24/h3-5,14,17-18H,6-13H2,1-2H3,(H,21,25). The SMILES string of the molecule is CC(=O)N1CCC(NC(=O)N2CCC(Sc3cccc(C)c3)CC2)CC1. The second-order valence-corrected chi connectivity index (χ2v) is 8.72. The van der Waals surface area contributed by atoms with Gasteiger partial charge in [-0.1, -0.05) is 17.7 Å². The van der Waals surface area contributed by atoms with Crippen molar-refractivity contribution < 1.29 is 9.59 Å². The summed E-state index contributed by atoms with van der Waals surface area (Å²) in [4.78, 5) is 29.0. The summed E-state index contributed by atoms with van der Waals surface area (Å²) in [5.74, 6) is 0.128. The molecule has 2 fully saturated rings. The lowest BCUT2D eigenvalue weighted by Crippen LogP contribution is -2.51. The van der Waals surface area contributed by atoms with Crippen LogP contribution < -0.4 is 5.32 Å². The third kappa shape index (κ3) is 5.16. The smallest absolute Gasteiger partial charge is 0.317 e. The van der Waals surface area contributed by atoms with Gasteiger partial charge in [-0.3, -0.25) is 4.79 Å². The first-order chi connectivity index (χ1) is 12.5. The van der Waals surface area contributed by atoms with E-state index >= 15 is 0 Å². The topological polar surface area (TPSA) is 52.7 Å². The number of carbonyl (C=O) groups excluding carboxylic acids is 2. The lowest BCUT2D eigenvalue weighted by molar-refractivity contribution is -0.129. The van der Waals surface area contributed by atoms with Crippen LogP contribution in [0.3, 0.4) is 0 Å².